The van der Waals surface area contributed by atoms with Gasteiger partial charge in [0.05, 0.1) is 0 Å². The lowest BCUT2D eigenvalue weighted by Crippen LogP contribution is -2.26. The maximum atomic E-state index is 14.3. The Kier molecular flexibility index (Phi) is 9.22. The third kappa shape index (κ3) is 6.19. The second kappa shape index (κ2) is 12.4. The maximum Gasteiger partial charge on any atom is 0.159 e. The lowest BCUT2D eigenvalue weighted by Gasteiger charge is -2.26. The second-order valence-corrected chi connectivity index (χ2v) is 11.2. The van der Waals surface area contributed by atoms with Gasteiger partial charge in [0.15, 0.2) is 11.6 Å². The second-order valence-electron chi connectivity index (χ2n) is 11.2. The van der Waals surface area contributed by atoms with Crippen molar-refractivity contribution in [3.63, 3.8) is 0 Å². The Morgan fingerprint density at radius 2 is 1.61 bits per heavy atom. The number of para-hydroxylation sites is 1. The fourth-order valence-electron chi connectivity index (χ4n) is 6.67. The Morgan fingerprint density at radius 1 is 0.861 bits per heavy atom. The molecule has 2 fully saturated rings. The standard InChI is InChI=1S/C31H40F2N2.CH4/c32-29-18-15-24(19-30(29)33)26(11-6-9-22-13-16-25(34)17-14-22)28-21-35(20-23-7-2-1-3-8-23)31-12-5-4-10-27(28)31;/h4-5,10,12,15,18-19,21-23,25-26H,1-3,6-9,11,13-14,16-17,20,34H2;1H4. The zero-order valence-electron chi connectivity index (χ0n) is 20.9. The van der Waals surface area contributed by atoms with Crippen molar-refractivity contribution in [3.05, 3.63) is 71.4 Å². The van der Waals surface area contributed by atoms with Crippen LogP contribution in [-0.4, -0.2) is 10.6 Å². The highest BCUT2D eigenvalue weighted by Gasteiger charge is 2.24. The molecular weight excluding hydrogens is 450 g/mol. The largest absolute Gasteiger partial charge is 0.347 e. The summed E-state index contributed by atoms with van der Waals surface area (Å²) in [6, 6.07) is 13.5. The van der Waals surface area contributed by atoms with E-state index in [9.17, 15) is 8.78 Å². The molecule has 0 amide bonds. The summed E-state index contributed by atoms with van der Waals surface area (Å²) < 4.78 is 30.6. The first-order valence-corrected chi connectivity index (χ1v) is 13.9. The number of rotatable bonds is 8. The quantitative estimate of drug-likeness (QED) is 0.333. The van der Waals surface area contributed by atoms with Crippen LogP contribution in [0.2, 0.25) is 0 Å². The van der Waals surface area contributed by atoms with E-state index < -0.39 is 11.6 Å². The first-order valence-electron chi connectivity index (χ1n) is 13.9. The van der Waals surface area contributed by atoms with Gasteiger partial charge in [-0.25, -0.2) is 8.78 Å². The van der Waals surface area contributed by atoms with Crippen LogP contribution in [0, 0.1) is 23.5 Å². The van der Waals surface area contributed by atoms with E-state index in [1.807, 2.05) is 0 Å². The lowest BCUT2D eigenvalue weighted by atomic mass is 9.81. The monoisotopic (exact) mass is 494 g/mol. The number of fused-ring (bicyclic) bond motifs is 1. The highest BCUT2D eigenvalue weighted by molar-refractivity contribution is 5.85. The molecule has 2 N–H and O–H groups in total. The van der Waals surface area contributed by atoms with Crippen molar-refractivity contribution in [2.45, 2.75) is 103 Å². The summed E-state index contributed by atoms with van der Waals surface area (Å²) in [5.74, 6) is 0.0128. The molecule has 0 spiro atoms. The molecule has 1 heterocycles. The summed E-state index contributed by atoms with van der Waals surface area (Å²) in [6.45, 7) is 1.05. The zero-order chi connectivity index (χ0) is 24.2. The molecule has 0 aliphatic heterocycles. The fourth-order valence-corrected chi connectivity index (χ4v) is 6.67. The number of hydrogen-bond donors (Lipinski definition) is 1. The van der Waals surface area contributed by atoms with E-state index in [2.05, 4.69) is 35.0 Å². The molecule has 0 saturated heterocycles. The Labute approximate surface area is 216 Å². The zero-order valence-corrected chi connectivity index (χ0v) is 20.9. The van der Waals surface area contributed by atoms with Gasteiger partial charge in [0.1, 0.15) is 0 Å². The average molecular weight is 495 g/mol. The van der Waals surface area contributed by atoms with Gasteiger partial charge in [-0.2, -0.15) is 0 Å². The predicted molar refractivity (Wildman–Crippen MR) is 147 cm³/mol. The normalized spacial score (nSPS) is 21.9. The first kappa shape index (κ1) is 26.9. The van der Waals surface area contributed by atoms with Crippen molar-refractivity contribution in [1.82, 2.24) is 4.57 Å². The van der Waals surface area contributed by atoms with Gasteiger partial charge in [-0.1, -0.05) is 63.8 Å². The van der Waals surface area contributed by atoms with E-state index in [-0.39, 0.29) is 13.3 Å². The summed E-state index contributed by atoms with van der Waals surface area (Å²) in [4.78, 5) is 0. The number of benzene rings is 2. The molecule has 1 aromatic heterocycles. The molecule has 196 valence electrons. The number of nitrogens with zero attached hydrogens (tertiary/aromatic N) is 1. The first-order chi connectivity index (χ1) is 17.1. The van der Waals surface area contributed by atoms with Gasteiger partial charge in [-0.05, 0) is 86.1 Å². The molecule has 0 radical (unpaired) electrons. The Balaban J connectivity index is 0.00000304. The molecule has 2 saturated carbocycles. The molecule has 2 aromatic carbocycles. The van der Waals surface area contributed by atoms with E-state index >= 15 is 0 Å². The summed E-state index contributed by atoms with van der Waals surface area (Å²) >= 11 is 0. The number of halogens is 2. The Hall–Kier alpha value is -2.20. The minimum absolute atomic E-state index is 0. The molecule has 36 heavy (non-hydrogen) atoms. The molecule has 1 atom stereocenters. The van der Waals surface area contributed by atoms with Crippen molar-refractivity contribution in [3.8, 4) is 0 Å². The van der Waals surface area contributed by atoms with Crippen LogP contribution in [0.4, 0.5) is 8.78 Å². The SMILES string of the molecule is C.NC1CCC(CCCC(c2ccc(F)c(F)c2)c2cn(CC3CCCCC3)c3ccccc23)CC1. The number of aromatic nitrogens is 1. The van der Waals surface area contributed by atoms with Gasteiger partial charge in [-0.3, -0.25) is 0 Å². The van der Waals surface area contributed by atoms with Gasteiger partial charge in [-0.15, -0.1) is 0 Å². The van der Waals surface area contributed by atoms with Crippen LogP contribution in [0.15, 0.2) is 48.7 Å². The van der Waals surface area contributed by atoms with Gasteiger partial charge < -0.3 is 10.3 Å². The topological polar surface area (TPSA) is 30.9 Å². The molecular formula is C32H44F2N2. The lowest BCUT2D eigenvalue weighted by molar-refractivity contribution is 0.302. The molecule has 0 bridgehead atoms. The molecule has 5 rings (SSSR count). The van der Waals surface area contributed by atoms with Crippen molar-refractivity contribution in [2.75, 3.05) is 0 Å². The van der Waals surface area contributed by atoms with Gasteiger partial charge in [0.2, 0.25) is 0 Å². The predicted octanol–water partition coefficient (Wildman–Crippen LogP) is 8.96. The minimum atomic E-state index is -0.772. The fraction of sp³-hybridized carbons (Fsp3) is 0.562. The summed E-state index contributed by atoms with van der Waals surface area (Å²) in [5, 5.41) is 1.25. The Morgan fingerprint density at radius 3 is 2.36 bits per heavy atom. The van der Waals surface area contributed by atoms with E-state index in [0.29, 0.717) is 6.04 Å². The van der Waals surface area contributed by atoms with E-state index in [1.54, 1.807) is 6.07 Å². The minimum Gasteiger partial charge on any atom is -0.347 e. The van der Waals surface area contributed by atoms with Crippen LogP contribution in [-0.2, 0) is 6.54 Å². The molecule has 4 heteroatoms. The molecule has 3 aromatic rings. The molecule has 2 aliphatic carbocycles. The van der Waals surface area contributed by atoms with E-state index in [1.165, 1.54) is 80.0 Å². The number of hydrogen-bond acceptors (Lipinski definition) is 1. The average Bonchev–Trinajstić information content (AvgIpc) is 3.23. The Bertz CT molecular complexity index is 1110. The van der Waals surface area contributed by atoms with Crippen molar-refractivity contribution < 1.29 is 8.78 Å². The summed E-state index contributed by atoms with van der Waals surface area (Å²) in [5.41, 5.74) is 9.51. The van der Waals surface area contributed by atoms with Crippen molar-refractivity contribution in [2.24, 2.45) is 17.6 Å². The van der Waals surface area contributed by atoms with Crippen LogP contribution in [0.3, 0.4) is 0 Å². The van der Waals surface area contributed by atoms with Gasteiger partial charge in [0.25, 0.3) is 0 Å². The van der Waals surface area contributed by atoms with Crippen LogP contribution in [0.25, 0.3) is 10.9 Å². The van der Waals surface area contributed by atoms with Crippen LogP contribution in [0.5, 0.6) is 0 Å². The number of nitrogens with two attached hydrogens (primary N) is 1. The third-order valence-electron chi connectivity index (χ3n) is 8.72. The molecule has 2 aliphatic rings. The highest BCUT2D eigenvalue weighted by Crippen LogP contribution is 2.38. The van der Waals surface area contributed by atoms with Crippen LogP contribution >= 0.6 is 0 Å². The third-order valence-corrected chi connectivity index (χ3v) is 8.72. The van der Waals surface area contributed by atoms with E-state index in [4.69, 9.17) is 5.73 Å². The van der Waals surface area contributed by atoms with Gasteiger partial charge >= 0.3 is 0 Å². The summed E-state index contributed by atoms with van der Waals surface area (Å²) in [7, 11) is 0. The summed E-state index contributed by atoms with van der Waals surface area (Å²) in [6.07, 6.45) is 16.9. The highest BCUT2D eigenvalue weighted by atomic mass is 19.2. The van der Waals surface area contributed by atoms with Crippen molar-refractivity contribution >= 4 is 10.9 Å². The van der Waals surface area contributed by atoms with Gasteiger partial charge in [0, 0.05) is 35.6 Å². The maximum absolute atomic E-state index is 14.3. The van der Waals surface area contributed by atoms with Crippen LogP contribution < -0.4 is 5.73 Å². The van der Waals surface area contributed by atoms with Crippen molar-refractivity contribution in [1.29, 1.82) is 0 Å². The van der Waals surface area contributed by atoms with E-state index in [0.717, 1.165) is 49.6 Å². The molecule has 1 unspecified atom stereocenters. The smallest absolute Gasteiger partial charge is 0.159 e. The van der Waals surface area contributed by atoms with Crippen LogP contribution in [0.1, 0.15) is 102 Å². The molecule has 2 nitrogen and oxygen atoms in total.